The largest absolute Gasteiger partial charge is 0.378 e. The van der Waals surface area contributed by atoms with Crippen LogP contribution in [-0.2, 0) is 9.53 Å². The van der Waals surface area contributed by atoms with E-state index in [0.717, 1.165) is 50.6 Å². The number of nitrogens with one attached hydrogen (secondary N) is 1. The van der Waals surface area contributed by atoms with Crippen molar-refractivity contribution >= 4 is 17.5 Å². The van der Waals surface area contributed by atoms with Gasteiger partial charge in [-0.1, -0.05) is 13.8 Å². The third-order valence-corrected chi connectivity index (χ3v) is 6.23. The minimum Gasteiger partial charge on any atom is -0.378 e. The number of hydrogen-bond acceptors (Lipinski definition) is 6. The molecular formula is C19H31N5O2. The van der Waals surface area contributed by atoms with Gasteiger partial charge >= 0.3 is 0 Å². The number of likely N-dealkylation sites (N-methyl/N-ethyl adjacent to an activating group) is 1. The summed E-state index contributed by atoms with van der Waals surface area (Å²) < 4.78 is 5.96. The van der Waals surface area contributed by atoms with Gasteiger partial charge in [-0.2, -0.15) is 0 Å². The number of amides is 1. The molecule has 7 nitrogen and oxygen atoms in total. The van der Waals surface area contributed by atoms with E-state index in [4.69, 9.17) is 4.74 Å². The fourth-order valence-electron chi connectivity index (χ4n) is 4.31. The number of nitrogens with zero attached hydrogens (tertiary/aromatic N) is 4. The maximum absolute atomic E-state index is 12.0. The molecule has 2 fully saturated rings. The Hall–Kier alpha value is -1.89. The molecule has 0 aromatic carbocycles. The molecule has 1 amide bonds. The Balaban J connectivity index is 1.70. The zero-order chi connectivity index (χ0) is 18.7. The first-order valence-corrected chi connectivity index (χ1v) is 9.73. The first kappa shape index (κ1) is 18.9. The molecule has 1 N–H and O–H groups in total. The number of carbonyl (C=O) groups excluding carboxylic acids is 1. The Kier molecular flexibility index (Phi) is 5.65. The first-order chi connectivity index (χ1) is 12.5. The summed E-state index contributed by atoms with van der Waals surface area (Å²) in [4.78, 5) is 24.5. The zero-order valence-electron chi connectivity index (χ0n) is 16.4. The second-order valence-corrected chi connectivity index (χ2v) is 7.32. The number of carbonyl (C=O) groups is 1. The van der Waals surface area contributed by atoms with E-state index in [0.29, 0.717) is 18.7 Å². The van der Waals surface area contributed by atoms with Crippen molar-refractivity contribution in [2.24, 2.45) is 5.41 Å². The van der Waals surface area contributed by atoms with Crippen molar-refractivity contribution in [3.63, 3.8) is 0 Å². The number of hydrogen-bond donors (Lipinski definition) is 1. The first-order valence-electron chi connectivity index (χ1n) is 9.73. The topological polar surface area (TPSA) is 70.6 Å². The smallest absolute Gasteiger partial charge is 0.241 e. The summed E-state index contributed by atoms with van der Waals surface area (Å²) in [5, 5.41) is 3.61. The lowest BCUT2D eigenvalue weighted by Gasteiger charge is -2.55. The van der Waals surface area contributed by atoms with Crippen LogP contribution in [0.4, 0.5) is 11.6 Å². The fourth-order valence-corrected chi connectivity index (χ4v) is 4.31. The molecule has 1 aromatic rings. The van der Waals surface area contributed by atoms with Crippen LogP contribution in [0.25, 0.3) is 0 Å². The molecule has 2 unspecified atom stereocenters. The standard InChI is InChI=1S/C19H31N5O2/c1-5-19(6-2)14(10-15(19)26-7-3)22-16-11-17(21-13-20-16)24-9-8-23(4)18(25)12-24/h11,13-15H,5-10,12H2,1-4H3,(H,20,21,22). The lowest BCUT2D eigenvalue weighted by Crippen LogP contribution is -2.61. The summed E-state index contributed by atoms with van der Waals surface area (Å²) in [7, 11) is 1.84. The molecule has 1 aliphatic carbocycles. The van der Waals surface area contributed by atoms with Crippen LogP contribution >= 0.6 is 0 Å². The van der Waals surface area contributed by atoms with Crippen LogP contribution in [0, 0.1) is 5.41 Å². The molecule has 2 heterocycles. The number of ether oxygens (including phenoxy) is 1. The summed E-state index contributed by atoms with van der Waals surface area (Å²) in [6.07, 6.45) is 5.06. The Morgan fingerprint density at radius 2 is 2.04 bits per heavy atom. The van der Waals surface area contributed by atoms with Gasteiger partial charge in [-0.05, 0) is 26.2 Å². The Labute approximate surface area is 156 Å². The van der Waals surface area contributed by atoms with Crippen molar-refractivity contribution in [2.45, 2.75) is 52.2 Å². The molecule has 1 aromatic heterocycles. The van der Waals surface area contributed by atoms with Crippen LogP contribution in [0.1, 0.15) is 40.0 Å². The molecule has 7 heteroatoms. The van der Waals surface area contributed by atoms with E-state index < -0.39 is 0 Å². The van der Waals surface area contributed by atoms with Gasteiger partial charge in [-0.15, -0.1) is 0 Å². The van der Waals surface area contributed by atoms with Crippen molar-refractivity contribution in [1.82, 2.24) is 14.9 Å². The number of aromatic nitrogens is 2. The molecule has 3 rings (SSSR count). The van der Waals surface area contributed by atoms with Crippen LogP contribution in [0.2, 0.25) is 0 Å². The van der Waals surface area contributed by atoms with Gasteiger partial charge in [0.15, 0.2) is 0 Å². The normalized spacial score (nSPS) is 25.2. The maximum atomic E-state index is 12.0. The maximum Gasteiger partial charge on any atom is 0.241 e. The van der Waals surface area contributed by atoms with Gasteiger partial charge in [-0.25, -0.2) is 9.97 Å². The summed E-state index contributed by atoms with van der Waals surface area (Å²) in [6, 6.07) is 2.31. The van der Waals surface area contributed by atoms with E-state index in [1.165, 1.54) is 0 Å². The number of piperazine rings is 1. The molecule has 2 aliphatic rings. The van der Waals surface area contributed by atoms with Gasteiger partial charge in [0.1, 0.15) is 18.0 Å². The zero-order valence-corrected chi connectivity index (χ0v) is 16.4. The lowest BCUT2D eigenvalue weighted by atomic mass is 9.58. The van der Waals surface area contributed by atoms with Crippen LogP contribution < -0.4 is 10.2 Å². The van der Waals surface area contributed by atoms with Crippen molar-refractivity contribution in [3.8, 4) is 0 Å². The van der Waals surface area contributed by atoms with E-state index in [1.54, 1.807) is 11.2 Å². The number of anilines is 2. The highest BCUT2D eigenvalue weighted by Crippen LogP contribution is 2.50. The molecule has 0 spiro atoms. The molecule has 26 heavy (non-hydrogen) atoms. The Morgan fingerprint density at radius 1 is 1.27 bits per heavy atom. The van der Waals surface area contributed by atoms with Crippen LogP contribution in [0.3, 0.4) is 0 Å². The molecular weight excluding hydrogens is 330 g/mol. The third-order valence-electron chi connectivity index (χ3n) is 6.23. The number of rotatable bonds is 7. The monoisotopic (exact) mass is 361 g/mol. The molecule has 1 aliphatic heterocycles. The van der Waals surface area contributed by atoms with Gasteiger partial charge in [0.2, 0.25) is 5.91 Å². The predicted octanol–water partition coefficient (Wildman–Crippen LogP) is 2.15. The van der Waals surface area contributed by atoms with Gasteiger partial charge in [0.05, 0.1) is 12.6 Å². The minimum atomic E-state index is 0.124. The molecule has 0 radical (unpaired) electrons. The van der Waals surface area contributed by atoms with E-state index in [-0.39, 0.29) is 11.3 Å². The second-order valence-electron chi connectivity index (χ2n) is 7.32. The highest BCUT2D eigenvalue weighted by atomic mass is 16.5. The average molecular weight is 361 g/mol. The van der Waals surface area contributed by atoms with Crippen molar-refractivity contribution < 1.29 is 9.53 Å². The molecule has 1 saturated heterocycles. The quantitative estimate of drug-likeness (QED) is 0.802. The van der Waals surface area contributed by atoms with Crippen molar-refractivity contribution in [1.29, 1.82) is 0 Å². The Morgan fingerprint density at radius 3 is 2.69 bits per heavy atom. The summed E-state index contributed by atoms with van der Waals surface area (Å²) in [5.41, 5.74) is 0.158. The molecule has 2 atom stereocenters. The van der Waals surface area contributed by atoms with Crippen LogP contribution in [0.15, 0.2) is 12.4 Å². The highest BCUT2D eigenvalue weighted by molar-refractivity contribution is 5.82. The van der Waals surface area contributed by atoms with Gasteiger partial charge in [-0.3, -0.25) is 4.79 Å². The highest BCUT2D eigenvalue weighted by Gasteiger charge is 2.53. The van der Waals surface area contributed by atoms with E-state index >= 15 is 0 Å². The van der Waals surface area contributed by atoms with Gasteiger partial charge in [0.25, 0.3) is 0 Å². The van der Waals surface area contributed by atoms with Crippen LogP contribution in [0.5, 0.6) is 0 Å². The molecule has 144 valence electrons. The predicted molar refractivity (Wildman–Crippen MR) is 102 cm³/mol. The van der Waals surface area contributed by atoms with E-state index in [9.17, 15) is 4.79 Å². The second kappa shape index (κ2) is 7.78. The average Bonchev–Trinajstić information content (AvgIpc) is 2.64. The summed E-state index contributed by atoms with van der Waals surface area (Å²) >= 11 is 0. The fraction of sp³-hybridized carbons (Fsp3) is 0.737. The van der Waals surface area contributed by atoms with E-state index in [2.05, 4.69) is 36.1 Å². The summed E-state index contributed by atoms with van der Waals surface area (Å²) in [6.45, 7) is 9.19. The van der Waals surface area contributed by atoms with Crippen molar-refractivity contribution in [2.75, 3.05) is 43.5 Å². The minimum absolute atomic E-state index is 0.124. The van der Waals surface area contributed by atoms with Crippen molar-refractivity contribution in [3.05, 3.63) is 12.4 Å². The molecule has 0 bridgehead atoms. The van der Waals surface area contributed by atoms with Crippen LogP contribution in [-0.4, -0.2) is 66.2 Å². The Bertz CT molecular complexity index is 634. The van der Waals surface area contributed by atoms with Gasteiger partial charge < -0.3 is 19.9 Å². The molecule has 1 saturated carbocycles. The van der Waals surface area contributed by atoms with E-state index in [1.807, 2.05) is 18.0 Å². The SMILES string of the molecule is CCOC1CC(Nc2cc(N3CCN(C)C(=O)C3)ncn2)C1(CC)CC. The van der Waals surface area contributed by atoms with Gasteiger partial charge in [0, 0.05) is 44.3 Å². The summed E-state index contributed by atoms with van der Waals surface area (Å²) in [5.74, 6) is 1.76. The lowest BCUT2D eigenvalue weighted by molar-refractivity contribution is -0.129. The third kappa shape index (κ3) is 3.37.